The summed E-state index contributed by atoms with van der Waals surface area (Å²) in [5, 5.41) is 1.99. The van der Waals surface area contributed by atoms with Crippen molar-refractivity contribution in [3.63, 3.8) is 0 Å². The zero-order chi connectivity index (χ0) is 18.1. The summed E-state index contributed by atoms with van der Waals surface area (Å²) in [6, 6.07) is 12.1. The van der Waals surface area contributed by atoms with Crippen LogP contribution in [0.5, 0.6) is 0 Å². The molecule has 0 aliphatic heterocycles. The Balaban J connectivity index is 0.00000182. The molecule has 3 rings (SSSR count). The van der Waals surface area contributed by atoms with Crippen LogP contribution in [0.25, 0.3) is 21.9 Å². The van der Waals surface area contributed by atoms with Crippen LogP contribution in [0.15, 0.2) is 50.8 Å². The van der Waals surface area contributed by atoms with Crippen molar-refractivity contribution in [2.24, 2.45) is 21.5 Å². The molecule has 0 aliphatic carbocycles. The molecular formula is C20H26Cl2N4O. The summed E-state index contributed by atoms with van der Waals surface area (Å²) >= 11 is 0. The van der Waals surface area contributed by atoms with Crippen molar-refractivity contribution in [3.8, 4) is 0 Å². The number of nitrogens with two attached hydrogens (primary N) is 2. The Labute approximate surface area is 171 Å². The Hall–Kier alpha value is -2.24. The molecular weight excluding hydrogens is 383 g/mol. The molecule has 0 aliphatic rings. The number of hydrogen-bond donors (Lipinski definition) is 2. The number of fused-ring (bicyclic) bond motifs is 3. The molecule has 5 nitrogen and oxygen atoms in total. The van der Waals surface area contributed by atoms with E-state index in [9.17, 15) is 0 Å². The predicted molar refractivity (Wildman–Crippen MR) is 120 cm³/mol. The average molecular weight is 409 g/mol. The van der Waals surface area contributed by atoms with Crippen LogP contribution in [-0.2, 0) is 0 Å². The highest BCUT2D eigenvalue weighted by molar-refractivity contribution is 6.11. The van der Waals surface area contributed by atoms with E-state index in [0.717, 1.165) is 33.1 Å². The SMILES string of the molecule is CC(C)N=C(N)c1ccc2oc3ccc(C(N)=NC(C)C)cc3c2c1.Cl.Cl. The molecule has 3 aromatic rings. The quantitative estimate of drug-likeness (QED) is 0.485. The predicted octanol–water partition coefficient (Wildman–Crippen LogP) is 4.66. The maximum Gasteiger partial charge on any atom is 0.135 e. The zero-order valence-electron chi connectivity index (χ0n) is 15.9. The van der Waals surface area contributed by atoms with E-state index in [1.54, 1.807) is 0 Å². The third-order valence-corrected chi connectivity index (χ3v) is 3.86. The molecule has 4 N–H and O–H groups in total. The van der Waals surface area contributed by atoms with E-state index in [1.807, 2.05) is 64.1 Å². The van der Waals surface area contributed by atoms with Gasteiger partial charge in [-0.25, -0.2) is 0 Å². The third kappa shape index (κ3) is 4.93. The van der Waals surface area contributed by atoms with Crippen LogP contribution in [0, 0.1) is 0 Å². The second kappa shape index (κ2) is 9.11. The van der Waals surface area contributed by atoms with Crippen molar-refractivity contribution in [3.05, 3.63) is 47.5 Å². The van der Waals surface area contributed by atoms with Crippen LogP contribution in [0.3, 0.4) is 0 Å². The molecule has 146 valence electrons. The Morgan fingerprint density at radius 2 is 1.11 bits per heavy atom. The summed E-state index contributed by atoms with van der Waals surface area (Å²) in [7, 11) is 0. The van der Waals surface area contributed by atoms with Crippen molar-refractivity contribution in [1.29, 1.82) is 0 Å². The molecule has 0 atom stereocenters. The highest BCUT2D eigenvalue weighted by atomic mass is 35.5. The first-order chi connectivity index (χ1) is 11.8. The van der Waals surface area contributed by atoms with Crippen LogP contribution in [0.4, 0.5) is 0 Å². The second-order valence-electron chi connectivity index (χ2n) is 6.74. The van der Waals surface area contributed by atoms with Gasteiger partial charge in [0, 0.05) is 34.0 Å². The second-order valence-corrected chi connectivity index (χ2v) is 6.74. The van der Waals surface area contributed by atoms with E-state index < -0.39 is 0 Å². The summed E-state index contributed by atoms with van der Waals surface area (Å²) in [6.45, 7) is 8.01. The average Bonchev–Trinajstić information content (AvgIpc) is 2.90. The van der Waals surface area contributed by atoms with Gasteiger partial charge in [0.05, 0.1) is 0 Å². The number of rotatable bonds is 4. The maximum atomic E-state index is 6.11. The van der Waals surface area contributed by atoms with Gasteiger partial charge in [0.1, 0.15) is 22.8 Å². The van der Waals surface area contributed by atoms with E-state index in [0.29, 0.717) is 11.7 Å². The molecule has 0 unspecified atom stereocenters. The number of furan rings is 1. The minimum atomic E-state index is 0. The lowest BCUT2D eigenvalue weighted by Gasteiger charge is -2.04. The first-order valence-electron chi connectivity index (χ1n) is 8.48. The molecule has 0 bridgehead atoms. The maximum absolute atomic E-state index is 6.11. The van der Waals surface area contributed by atoms with Gasteiger partial charge in [-0.15, -0.1) is 24.8 Å². The van der Waals surface area contributed by atoms with Crippen molar-refractivity contribution in [2.75, 3.05) is 0 Å². The Morgan fingerprint density at radius 3 is 1.44 bits per heavy atom. The molecule has 0 spiro atoms. The van der Waals surface area contributed by atoms with E-state index in [1.165, 1.54) is 0 Å². The highest BCUT2D eigenvalue weighted by Crippen LogP contribution is 2.30. The summed E-state index contributed by atoms with van der Waals surface area (Å²) in [5.41, 5.74) is 15.6. The number of benzene rings is 2. The van der Waals surface area contributed by atoms with E-state index in [2.05, 4.69) is 9.98 Å². The fourth-order valence-electron chi connectivity index (χ4n) is 2.80. The third-order valence-electron chi connectivity index (χ3n) is 3.86. The van der Waals surface area contributed by atoms with Gasteiger partial charge in [-0.3, -0.25) is 9.98 Å². The van der Waals surface area contributed by atoms with Crippen LogP contribution in [0.1, 0.15) is 38.8 Å². The van der Waals surface area contributed by atoms with Gasteiger partial charge < -0.3 is 15.9 Å². The van der Waals surface area contributed by atoms with Crippen molar-refractivity contribution in [1.82, 2.24) is 0 Å². The molecule has 1 aromatic heterocycles. The zero-order valence-corrected chi connectivity index (χ0v) is 17.5. The molecule has 1 heterocycles. The number of aliphatic imine (C=N–C) groups is 2. The Morgan fingerprint density at radius 1 is 0.741 bits per heavy atom. The van der Waals surface area contributed by atoms with Gasteiger partial charge in [0.25, 0.3) is 0 Å². The molecule has 0 amide bonds. The molecule has 2 aromatic carbocycles. The summed E-state index contributed by atoms with van der Waals surface area (Å²) in [6.07, 6.45) is 0. The van der Waals surface area contributed by atoms with Gasteiger partial charge in [0.15, 0.2) is 0 Å². The number of nitrogens with zero attached hydrogens (tertiary/aromatic N) is 2. The summed E-state index contributed by atoms with van der Waals surface area (Å²) < 4.78 is 5.92. The lowest BCUT2D eigenvalue weighted by atomic mass is 10.1. The van der Waals surface area contributed by atoms with Crippen LogP contribution >= 0.6 is 24.8 Å². The van der Waals surface area contributed by atoms with Gasteiger partial charge in [-0.05, 0) is 64.1 Å². The number of halogens is 2. The molecule has 7 heteroatoms. The molecule has 0 saturated carbocycles. The smallest absolute Gasteiger partial charge is 0.135 e. The number of amidine groups is 2. The van der Waals surface area contributed by atoms with Gasteiger partial charge in [-0.2, -0.15) is 0 Å². The van der Waals surface area contributed by atoms with Gasteiger partial charge in [0.2, 0.25) is 0 Å². The first kappa shape index (κ1) is 22.8. The minimum absolute atomic E-state index is 0. The van der Waals surface area contributed by atoms with Crippen LogP contribution in [0.2, 0.25) is 0 Å². The van der Waals surface area contributed by atoms with Crippen LogP contribution < -0.4 is 11.5 Å². The standard InChI is InChI=1S/C20H24N4O.2ClH/c1-11(2)23-19(21)13-5-7-17-15(9-13)16-10-14(6-8-18(16)25-17)20(22)24-12(3)4;;/h5-12H,1-4H3,(H2,21,23)(H2,22,24);2*1H. The molecule has 0 fully saturated rings. The minimum Gasteiger partial charge on any atom is -0.456 e. The Kier molecular flexibility index (Phi) is 7.69. The van der Waals surface area contributed by atoms with Gasteiger partial charge in [-0.1, -0.05) is 0 Å². The van der Waals surface area contributed by atoms with E-state index >= 15 is 0 Å². The van der Waals surface area contributed by atoms with E-state index in [-0.39, 0.29) is 36.9 Å². The Bertz CT molecular complexity index is 912. The largest absolute Gasteiger partial charge is 0.456 e. The lowest BCUT2D eigenvalue weighted by Crippen LogP contribution is -2.15. The molecule has 0 saturated heterocycles. The van der Waals surface area contributed by atoms with Crippen molar-refractivity contribution < 1.29 is 4.42 Å². The van der Waals surface area contributed by atoms with Gasteiger partial charge >= 0.3 is 0 Å². The molecule has 27 heavy (non-hydrogen) atoms. The molecule has 0 radical (unpaired) electrons. The summed E-state index contributed by atoms with van der Waals surface area (Å²) in [4.78, 5) is 8.84. The normalized spacial score (nSPS) is 12.5. The van der Waals surface area contributed by atoms with Crippen molar-refractivity contribution in [2.45, 2.75) is 39.8 Å². The van der Waals surface area contributed by atoms with E-state index in [4.69, 9.17) is 15.9 Å². The van der Waals surface area contributed by atoms with Crippen LogP contribution in [-0.4, -0.2) is 23.8 Å². The fraction of sp³-hybridized carbons (Fsp3) is 0.300. The lowest BCUT2D eigenvalue weighted by molar-refractivity contribution is 0.669. The summed E-state index contributed by atoms with van der Waals surface area (Å²) in [5.74, 6) is 1.06. The van der Waals surface area contributed by atoms with Crippen molar-refractivity contribution >= 4 is 58.4 Å². The monoisotopic (exact) mass is 408 g/mol. The first-order valence-corrected chi connectivity index (χ1v) is 8.48. The highest BCUT2D eigenvalue weighted by Gasteiger charge is 2.11. The fourth-order valence-corrected chi connectivity index (χ4v) is 2.80. The topological polar surface area (TPSA) is 89.9 Å². The number of hydrogen-bond acceptors (Lipinski definition) is 3.